The quantitative estimate of drug-likeness (QED) is 0.0380. The maximum absolute atomic E-state index is 13.0. The first kappa shape index (κ1) is 48.1. The van der Waals surface area contributed by atoms with Gasteiger partial charge in [0.25, 0.3) is 17.1 Å². The van der Waals surface area contributed by atoms with Gasteiger partial charge in [-0.1, -0.05) is 40.3 Å². The molecule has 2 aromatic carbocycles. The Morgan fingerprint density at radius 3 is 1.75 bits per heavy atom. The number of nitrogens with one attached hydrogen (secondary N) is 2. The van der Waals surface area contributed by atoms with E-state index in [1.54, 1.807) is 67.1 Å². The minimum atomic E-state index is -0.457. The van der Waals surface area contributed by atoms with Crippen molar-refractivity contribution in [1.82, 2.24) is 34.7 Å². The van der Waals surface area contributed by atoms with Crippen molar-refractivity contribution in [3.63, 3.8) is 0 Å². The van der Waals surface area contributed by atoms with E-state index in [9.17, 15) is 19.2 Å². The van der Waals surface area contributed by atoms with E-state index in [1.807, 2.05) is 83.1 Å². The highest BCUT2D eigenvalue weighted by atomic mass is 16.6. The molecule has 330 valence electrons. The number of nitrogens with zero attached hydrogens (tertiary/aromatic N) is 7. The molecule has 0 saturated carbocycles. The number of fused-ring (bicyclic) bond motifs is 2. The highest BCUT2D eigenvalue weighted by Gasteiger charge is 2.15. The molecule has 0 saturated heterocycles. The zero-order valence-corrected chi connectivity index (χ0v) is 36.2. The molecular formula is C46H54N10O7. The molecule has 0 atom stereocenters. The van der Waals surface area contributed by atoms with Crippen LogP contribution in [0.1, 0.15) is 69.4 Å². The van der Waals surface area contributed by atoms with Crippen LogP contribution >= 0.6 is 0 Å². The van der Waals surface area contributed by atoms with Gasteiger partial charge in [-0.05, 0) is 104 Å². The summed E-state index contributed by atoms with van der Waals surface area (Å²) in [7, 11) is 3.54. The van der Waals surface area contributed by atoms with E-state index in [-0.39, 0.29) is 37.3 Å². The summed E-state index contributed by atoms with van der Waals surface area (Å²) in [6.07, 6.45) is 4.75. The van der Waals surface area contributed by atoms with E-state index >= 15 is 0 Å². The number of hydrogen-bond donors (Lipinski definition) is 4. The summed E-state index contributed by atoms with van der Waals surface area (Å²) < 4.78 is 12.7. The van der Waals surface area contributed by atoms with Crippen LogP contribution in [-0.4, -0.2) is 52.3 Å². The summed E-state index contributed by atoms with van der Waals surface area (Å²) in [5, 5.41) is 17.7. The Morgan fingerprint density at radius 2 is 1.27 bits per heavy atom. The number of hydroxylamine groups is 1. The number of pyridine rings is 4. The predicted octanol–water partition coefficient (Wildman–Crippen LogP) is 7.56. The molecule has 5 heterocycles. The minimum Gasteiger partial charge on any atom is -0.393 e. The Hall–Kier alpha value is -7.53. The van der Waals surface area contributed by atoms with Gasteiger partial charge in [-0.2, -0.15) is 4.98 Å². The van der Waals surface area contributed by atoms with Crippen LogP contribution in [0.3, 0.4) is 0 Å². The van der Waals surface area contributed by atoms with E-state index in [0.717, 1.165) is 61.1 Å². The number of aliphatic imine (C=N–C) groups is 1. The van der Waals surface area contributed by atoms with Gasteiger partial charge in [-0.25, -0.2) is 10.5 Å². The SMILES string of the molecule is C.CCC(=O)OC(=O)CC.CCc1nc(Nc2ccc(C)c(-c3cc4cnc(C)cc4n(C)c3=O)c2)no1.Cc1cc2c(cn1)cc(-c1cc(N=C(N)NO)ccc1C)c(=O)n2C. The molecule has 17 heteroatoms. The van der Waals surface area contributed by atoms with E-state index in [1.165, 1.54) is 0 Å². The van der Waals surface area contributed by atoms with Crippen LogP contribution in [0.4, 0.5) is 17.3 Å². The highest BCUT2D eigenvalue weighted by Crippen LogP contribution is 2.29. The molecule has 5 N–H and O–H groups in total. The number of hydrogen-bond acceptors (Lipinski definition) is 13. The fourth-order valence-corrected chi connectivity index (χ4v) is 6.29. The molecule has 0 aliphatic rings. The standard InChI is InChI=1S/C21H21N5O2.C18H19N5O2.C6H10O3.CH4/c1-5-19-24-21(25-28-19)23-15-7-6-12(2)16(10-15)17-9-14-11-22-13(3)8-18(14)26(4)20(17)27;1-10-4-5-13(21-18(19)22-25)8-14(10)15-7-12-9-20-11(2)6-16(12)23(3)17(15)24;1-3-5(7)9-6(8)4-2;/h6-11H,5H2,1-4H3,(H,23,25);4-9,25H,1-3H3,(H3,19,21,22);3-4H2,1-2H3;1H4. The number of ether oxygens (including phenoxy) is 1. The largest absolute Gasteiger partial charge is 0.393 e. The lowest BCUT2D eigenvalue weighted by atomic mass is 9.99. The summed E-state index contributed by atoms with van der Waals surface area (Å²) in [4.78, 5) is 63.6. The Balaban J connectivity index is 0.000000230. The van der Waals surface area contributed by atoms with Gasteiger partial charge in [-0.15, -0.1) is 0 Å². The molecule has 17 nitrogen and oxygen atoms in total. The average Bonchev–Trinajstić information content (AvgIpc) is 3.73. The first-order chi connectivity index (χ1) is 29.6. The maximum Gasteiger partial charge on any atom is 0.313 e. The van der Waals surface area contributed by atoms with Crippen molar-refractivity contribution in [2.24, 2.45) is 24.8 Å². The smallest absolute Gasteiger partial charge is 0.313 e. The molecule has 0 unspecified atom stereocenters. The molecule has 0 aliphatic carbocycles. The zero-order chi connectivity index (χ0) is 45.2. The maximum atomic E-state index is 13.0. The minimum absolute atomic E-state index is 0. The van der Waals surface area contributed by atoms with Crippen molar-refractivity contribution in [2.75, 3.05) is 5.32 Å². The molecule has 0 radical (unpaired) electrons. The Bertz CT molecular complexity index is 2920. The number of carbonyl (C=O) groups is 2. The fourth-order valence-electron chi connectivity index (χ4n) is 6.29. The van der Waals surface area contributed by atoms with Crippen LogP contribution in [0, 0.1) is 27.7 Å². The summed E-state index contributed by atoms with van der Waals surface area (Å²) in [5.41, 5.74) is 16.6. The van der Waals surface area contributed by atoms with E-state index < -0.39 is 11.9 Å². The fraction of sp³-hybridized carbons (Fsp3) is 0.283. The van der Waals surface area contributed by atoms with Crippen molar-refractivity contribution < 1.29 is 24.1 Å². The van der Waals surface area contributed by atoms with Crippen LogP contribution in [0.25, 0.3) is 44.1 Å². The molecule has 0 fully saturated rings. The van der Waals surface area contributed by atoms with Crippen molar-refractivity contribution >= 4 is 57.0 Å². The van der Waals surface area contributed by atoms with Gasteiger partial charge in [0.05, 0.1) is 16.7 Å². The summed E-state index contributed by atoms with van der Waals surface area (Å²) in [6.45, 7) is 13.0. The normalized spacial score (nSPS) is 10.9. The van der Waals surface area contributed by atoms with Crippen LogP contribution < -0.4 is 27.6 Å². The van der Waals surface area contributed by atoms with Gasteiger partial charge in [0.1, 0.15) is 0 Å². The van der Waals surface area contributed by atoms with Gasteiger partial charge in [0.2, 0.25) is 11.9 Å². The molecule has 7 aromatic rings. The van der Waals surface area contributed by atoms with Crippen LogP contribution in [0.5, 0.6) is 0 Å². The number of anilines is 2. The van der Waals surface area contributed by atoms with Crippen molar-refractivity contribution in [1.29, 1.82) is 0 Å². The third-order valence-corrected chi connectivity index (χ3v) is 9.72. The van der Waals surface area contributed by atoms with E-state index in [0.29, 0.717) is 35.1 Å². The van der Waals surface area contributed by atoms with E-state index in [4.69, 9.17) is 15.5 Å². The lowest BCUT2D eigenvalue weighted by molar-refractivity contribution is -0.159. The second-order valence-corrected chi connectivity index (χ2v) is 14.3. The van der Waals surface area contributed by atoms with Crippen LogP contribution in [0.2, 0.25) is 0 Å². The topological polar surface area (TPSA) is 235 Å². The second-order valence-electron chi connectivity index (χ2n) is 14.3. The van der Waals surface area contributed by atoms with Gasteiger partial charge in [0, 0.05) is 84.7 Å². The molecule has 0 amide bonds. The highest BCUT2D eigenvalue weighted by molar-refractivity contribution is 5.87. The number of aromatic nitrogens is 6. The number of rotatable bonds is 8. The molecule has 5 aromatic heterocycles. The molecular weight excluding hydrogens is 805 g/mol. The lowest BCUT2D eigenvalue weighted by Gasteiger charge is -2.12. The first-order valence-electron chi connectivity index (χ1n) is 19.8. The number of benzene rings is 2. The van der Waals surface area contributed by atoms with Crippen LogP contribution in [-0.2, 0) is 34.8 Å². The predicted molar refractivity (Wildman–Crippen MR) is 245 cm³/mol. The molecule has 7 rings (SSSR count). The summed E-state index contributed by atoms with van der Waals surface area (Å²) in [5.74, 6) is -0.0663. The Kier molecular flexibility index (Phi) is 16.3. The van der Waals surface area contributed by atoms with Crippen LogP contribution in [0.15, 0.2) is 92.2 Å². The number of nitrogens with two attached hydrogens (primary N) is 1. The summed E-state index contributed by atoms with van der Waals surface area (Å²) in [6, 6.07) is 18.8. The summed E-state index contributed by atoms with van der Waals surface area (Å²) >= 11 is 0. The zero-order valence-electron chi connectivity index (χ0n) is 36.2. The van der Waals surface area contributed by atoms with Crippen molar-refractivity contribution in [3.05, 3.63) is 122 Å². The number of guanidine groups is 1. The van der Waals surface area contributed by atoms with E-state index in [2.05, 4.69) is 35.2 Å². The van der Waals surface area contributed by atoms with Gasteiger partial charge < -0.3 is 29.4 Å². The third kappa shape index (κ3) is 11.6. The van der Waals surface area contributed by atoms with Gasteiger partial charge in [0.15, 0.2) is 0 Å². The van der Waals surface area contributed by atoms with Gasteiger partial charge >= 0.3 is 11.9 Å². The molecule has 0 bridgehead atoms. The third-order valence-electron chi connectivity index (χ3n) is 9.72. The monoisotopic (exact) mass is 858 g/mol. The molecule has 63 heavy (non-hydrogen) atoms. The lowest BCUT2D eigenvalue weighted by Crippen LogP contribution is -2.27. The average molecular weight is 859 g/mol. The van der Waals surface area contributed by atoms with Crippen molar-refractivity contribution in [3.8, 4) is 22.3 Å². The Labute approximate surface area is 364 Å². The Morgan fingerprint density at radius 1 is 0.762 bits per heavy atom. The molecule has 0 spiro atoms. The number of aryl methyl sites for hydroxylation is 7. The van der Waals surface area contributed by atoms with Crippen molar-refractivity contribution in [2.45, 2.75) is 75.2 Å². The molecule has 0 aliphatic heterocycles. The van der Waals surface area contributed by atoms with Gasteiger partial charge in [-0.3, -0.25) is 34.4 Å². The number of esters is 2. The number of carbonyl (C=O) groups excluding carboxylic acids is 2. The second kappa shape index (κ2) is 21.3. The first-order valence-corrected chi connectivity index (χ1v) is 19.8.